The normalized spacial score (nSPS) is 17.2. The van der Waals surface area contributed by atoms with Crippen molar-refractivity contribution in [1.82, 2.24) is 15.5 Å². The molecular weight excluding hydrogens is 412 g/mol. The predicted molar refractivity (Wildman–Crippen MR) is 127 cm³/mol. The Morgan fingerprint density at radius 2 is 1.77 bits per heavy atom. The third-order valence-electron chi connectivity index (χ3n) is 5.51. The van der Waals surface area contributed by atoms with E-state index in [0.29, 0.717) is 13.1 Å². The molecule has 0 saturated carbocycles. The summed E-state index contributed by atoms with van der Waals surface area (Å²) in [6.07, 6.45) is 0. The monoisotopic (exact) mass is 444 g/mol. The largest absolute Gasteiger partial charge is 0.396 e. The van der Waals surface area contributed by atoms with Crippen LogP contribution in [0.4, 0.5) is 0 Å². The summed E-state index contributed by atoms with van der Waals surface area (Å²) in [4.78, 5) is 7.19. The summed E-state index contributed by atoms with van der Waals surface area (Å²) < 4.78 is 5.55. The van der Waals surface area contributed by atoms with Gasteiger partial charge >= 0.3 is 0 Å². The van der Waals surface area contributed by atoms with Gasteiger partial charge in [-0.15, -0.1) is 0 Å². The van der Waals surface area contributed by atoms with Crippen LogP contribution in [0.2, 0.25) is 5.02 Å². The SMILES string of the molecule is CCNC(=NCC(CO)c1ccccc1)NCC(c1ccc(Cl)cc1)N1CCOCC1. The summed E-state index contributed by atoms with van der Waals surface area (Å²) in [5.41, 5.74) is 2.31. The van der Waals surface area contributed by atoms with Crippen LogP contribution in [-0.4, -0.2) is 68.5 Å². The molecule has 0 spiro atoms. The van der Waals surface area contributed by atoms with E-state index in [9.17, 15) is 5.11 Å². The van der Waals surface area contributed by atoms with Gasteiger partial charge in [0.1, 0.15) is 0 Å². The molecule has 0 aromatic heterocycles. The van der Waals surface area contributed by atoms with Crippen molar-refractivity contribution in [2.45, 2.75) is 18.9 Å². The Morgan fingerprint density at radius 3 is 2.42 bits per heavy atom. The Kier molecular flexibility index (Phi) is 9.62. The molecule has 3 N–H and O–H groups in total. The second-order valence-electron chi connectivity index (χ2n) is 7.61. The minimum absolute atomic E-state index is 0.0250. The molecule has 0 bridgehead atoms. The van der Waals surface area contributed by atoms with Gasteiger partial charge in [-0.05, 0) is 30.2 Å². The van der Waals surface area contributed by atoms with Crippen molar-refractivity contribution in [2.24, 2.45) is 4.99 Å². The fourth-order valence-electron chi connectivity index (χ4n) is 3.76. The Morgan fingerprint density at radius 1 is 1.06 bits per heavy atom. The van der Waals surface area contributed by atoms with E-state index >= 15 is 0 Å². The lowest BCUT2D eigenvalue weighted by molar-refractivity contribution is 0.0170. The number of ether oxygens (including phenoxy) is 1. The molecule has 1 fully saturated rings. The molecule has 2 aromatic rings. The number of hydrogen-bond acceptors (Lipinski definition) is 4. The van der Waals surface area contributed by atoms with Crippen molar-refractivity contribution in [3.05, 3.63) is 70.7 Å². The lowest BCUT2D eigenvalue weighted by Crippen LogP contribution is -2.46. The number of aliphatic hydroxyl groups is 1. The Labute approximate surface area is 190 Å². The highest BCUT2D eigenvalue weighted by Gasteiger charge is 2.23. The van der Waals surface area contributed by atoms with Gasteiger partial charge in [0.2, 0.25) is 0 Å². The van der Waals surface area contributed by atoms with Crippen LogP contribution in [0.15, 0.2) is 59.6 Å². The molecular formula is C24H33ClN4O2. The number of aliphatic imine (C=N–C) groups is 1. The number of benzene rings is 2. The van der Waals surface area contributed by atoms with Crippen LogP contribution in [-0.2, 0) is 4.74 Å². The fourth-order valence-corrected chi connectivity index (χ4v) is 3.89. The molecule has 2 unspecified atom stereocenters. The molecule has 1 aliphatic rings. The van der Waals surface area contributed by atoms with Crippen LogP contribution >= 0.6 is 11.6 Å². The molecule has 7 heteroatoms. The van der Waals surface area contributed by atoms with Crippen molar-refractivity contribution in [3.63, 3.8) is 0 Å². The number of morpholine rings is 1. The molecule has 1 saturated heterocycles. The predicted octanol–water partition coefficient (Wildman–Crippen LogP) is 3.04. The summed E-state index contributed by atoms with van der Waals surface area (Å²) in [7, 11) is 0. The Balaban J connectivity index is 1.70. The zero-order valence-electron chi connectivity index (χ0n) is 18.1. The maximum atomic E-state index is 9.84. The number of rotatable bonds is 9. The minimum atomic E-state index is -0.0250. The Bertz CT molecular complexity index is 795. The van der Waals surface area contributed by atoms with E-state index in [4.69, 9.17) is 21.3 Å². The van der Waals surface area contributed by atoms with Crippen LogP contribution in [0.3, 0.4) is 0 Å². The van der Waals surface area contributed by atoms with Crippen molar-refractivity contribution in [3.8, 4) is 0 Å². The summed E-state index contributed by atoms with van der Waals surface area (Å²) in [5, 5.41) is 17.4. The van der Waals surface area contributed by atoms with Crippen LogP contribution in [0.25, 0.3) is 0 Å². The molecule has 168 valence electrons. The zero-order chi connectivity index (χ0) is 21.9. The van der Waals surface area contributed by atoms with E-state index in [2.05, 4.69) is 34.6 Å². The molecule has 31 heavy (non-hydrogen) atoms. The quantitative estimate of drug-likeness (QED) is 0.409. The highest BCUT2D eigenvalue weighted by atomic mass is 35.5. The number of guanidine groups is 1. The molecule has 0 radical (unpaired) electrons. The average molecular weight is 445 g/mol. The topological polar surface area (TPSA) is 69.1 Å². The second kappa shape index (κ2) is 12.7. The third kappa shape index (κ3) is 7.21. The van der Waals surface area contributed by atoms with Crippen molar-refractivity contribution < 1.29 is 9.84 Å². The summed E-state index contributed by atoms with van der Waals surface area (Å²) in [5.74, 6) is 0.729. The molecule has 6 nitrogen and oxygen atoms in total. The summed E-state index contributed by atoms with van der Waals surface area (Å²) >= 11 is 6.11. The van der Waals surface area contributed by atoms with Gasteiger partial charge in [-0.2, -0.15) is 0 Å². The molecule has 0 aliphatic carbocycles. The first kappa shape index (κ1) is 23.5. The smallest absolute Gasteiger partial charge is 0.191 e. The molecule has 1 heterocycles. The van der Waals surface area contributed by atoms with Gasteiger partial charge in [-0.25, -0.2) is 0 Å². The molecule has 2 aromatic carbocycles. The summed E-state index contributed by atoms with van der Waals surface area (Å²) in [6.45, 7) is 7.38. The maximum absolute atomic E-state index is 9.84. The van der Waals surface area contributed by atoms with Gasteiger partial charge < -0.3 is 20.5 Å². The van der Waals surface area contributed by atoms with Crippen molar-refractivity contribution in [2.75, 3.05) is 52.5 Å². The molecule has 3 rings (SSSR count). The van der Waals surface area contributed by atoms with E-state index in [1.165, 1.54) is 5.56 Å². The van der Waals surface area contributed by atoms with Crippen molar-refractivity contribution in [1.29, 1.82) is 0 Å². The van der Waals surface area contributed by atoms with E-state index in [0.717, 1.165) is 49.4 Å². The lowest BCUT2D eigenvalue weighted by atomic mass is 10.0. The van der Waals surface area contributed by atoms with Gasteiger partial charge in [0.25, 0.3) is 0 Å². The Hall–Kier alpha value is -2.12. The van der Waals surface area contributed by atoms with Gasteiger partial charge in [0.05, 0.1) is 32.4 Å². The number of halogens is 1. The number of hydrogen-bond donors (Lipinski definition) is 3. The minimum Gasteiger partial charge on any atom is -0.396 e. The van der Waals surface area contributed by atoms with E-state index in [-0.39, 0.29) is 18.6 Å². The second-order valence-corrected chi connectivity index (χ2v) is 8.04. The first-order valence-corrected chi connectivity index (χ1v) is 11.3. The van der Waals surface area contributed by atoms with E-state index < -0.39 is 0 Å². The zero-order valence-corrected chi connectivity index (χ0v) is 18.9. The van der Waals surface area contributed by atoms with E-state index in [1.54, 1.807) is 0 Å². The van der Waals surface area contributed by atoms with Gasteiger partial charge in [0.15, 0.2) is 5.96 Å². The van der Waals surface area contributed by atoms with Gasteiger partial charge in [0, 0.05) is 37.1 Å². The first-order chi connectivity index (χ1) is 15.2. The highest BCUT2D eigenvalue weighted by Crippen LogP contribution is 2.23. The van der Waals surface area contributed by atoms with Crippen LogP contribution in [0.5, 0.6) is 0 Å². The number of nitrogens with zero attached hydrogens (tertiary/aromatic N) is 2. The molecule has 1 aliphatic heterocycles. The first-order valence-electron chi connectivity index (χ1n) is 11.0. The van der Waals surface area contributed by atoms with Crippen LogP contribution in [0.1, 0.15) is 30.0 Å². The number of nitrogens with one attached hydrogen (secondary N) is 2. The number of aliphatic hydroxyl groups excluding tert-OH is 1. The van der Waals surface area contributed by atoms with Gasteiger partial charge in [-0.1, -0.05) is 54.1 Å². The fraction of sp³-hybridized carbons (Fsp3) is 0.458. The average Bonchev–Trinajstić information content (AvgIpc) is 2.82. The lowest BCUT2D eigenvalue weighted by Gasteiger charge is -2.35. The third-order valence-corrected chi connectivity index (χ3v) is 5.76. The standard InChI is InChI=1S/C24H33ClN4O2/c1-2-26-24(27-16-21(18-30)19-6-4-3-5-7-19)28-17-23(29-12-14-31-15-13-29)20-8-10-22(25)11-9-20/h3-11,21,23,30H,2,12-18H2,1H3,(H2,26,27,28). The molecule has 2 atom stereocenters. The molecule has 0 amide bonds. The van der Waals surface area contributed by atoms with Crippen molar-refractivity contribution >= 4 is 17.6 Å². The van der Waals surface area contributed by atoms with Crippen LogP contribution < -0.4 is 10.6 Å². The van der Waals surface area contributed by atoms with Crippen LogP contribution in [0, 0.1) is 0 Å². The van der Waals surface area contributed by atoms with E-state index in [1.807, 2.05) is 42.5 Å². The summed E-state index contributed by atoms with van der Waals surface area (Å²) in [6, 6.07) is 18.3. The maximum Gasteiger partial charge on any atom is 0.191 e. The van der Waals surface area contributed by atoms with Gasteiger partial charge in [-0.3, -0.25) is 9.89 Å². The highest BCUT2D eigenvalue weighted by molar-refractivity contribution is 6.30.